The fraction of sp³-hybridized carbons (Fsp3) is 0.409. The van der Waals surface area contributed by atoms with E-state index in [-0.39, 0.29) is 18.4 Å². The molecule has 0 spiro atoms. The maximum absolute atomic E-state index is 12.9. The Balaban J connectivity index is 1.57. The lowest BCUT2D eigenvalue weighted by Crippen LogP contribution is -2.32. The van der Waals surface area contributed by atoms with E-state index in [0.29, 0.717) is 17.3 Å². The topological polar surface area (TPSA) is 65.5 Å². The number of amides is 2. The molecule has 0 unspecified atom stereocenters. The minimum Gasteiger partial charge on any atom is -0.361 e. The van der Waals surface area contributed by atoms with Gasteiger partial charge in [0.05, 0.1) is 12.1 Å². The molecule has 0 radical (unpaired) electrons. The Bertz CT molecular complexity index is 790. The maximum atomic E-state index is 12.9. The molecule has 3 rings (SSSR count). The van der Waals surface area contributed by atoms with Crippen LogP contribution >= 0.6 is 0 Å². The van der Waals surface area contributed by atoms with Gasteiger partial charge in [0.15, 0.2) is 0 Å². The van der Waals surface area contributed by atoms with Gasteiger partial charge in [-0.05, 0) is 42.9 Å². The lowest BCUT2D eigenvalue weighted by molar-refractivity contribution is -0.126. The van der Waals surface area contributed by atoms with Crippen LogP contribution in [0.4, 0.5) is 5.82 Å². The fourth-order valence-corrected chi connectivity index (χ4v) is 3.49. The van der Waals surface area contributed by atoms with Gasteiger partial charge in [-0.3, -0.25) is 9.59 Å². The molecule has 2 heterocycles. The monoisotopic (exact) mass is 380 g/mol. The summed E-state index contributed by atoms with van der Waals surface area (Å²) >= 11 is 0. The number of hydrogen-bond acceptors (Lipinski definition) is 4. The van der Waals surface area contributed by atoms with Crippen LogP contribution in [-0.4, -0.2) is 60.3 Å². The minimum absolute atomic E-state index is 0.0251. The molecule has 2 aromatic rings. The third kappa shape index (κ3) is 5.09. The number of pyridine rings is 1. The van der Waals surface area contributed by atoms with Crippen molar-refractivity contribution in [3.8, 4) is 0 Å². The van der Waals surface area contributed by atoms with Gasteiger partial charge in [0.2, 0.25) is 5.91 Å². The van der Waals surface area contributed by atoms with Crippen molar-refractivity contribution in [3.63, 3.8) is 0 Å². The molecule has 2 amide bonds. The molecule has 148 valence electrons. The van der Waals surface area contributed by atoms with Crippen LogP contribution in [0.5, 0.6) is 0 Å². The minimum atomic E-state index is -0.0283. The number of carbonyl (C=O) groups is 2. The Morgan fingerprint density at radius 2 is 1.89 bits per heavy atom. The molecular formula is C22H28N4O2. The maximum Gasteiger partial charge on any atom is 0.255 e. The van der Waals surface area contributed by atoms with Crippen LogP contribution in [0.2, 0.25) is 0 Å². The highest BCUT2D eigenvalue weighted by molar-refractivity contribution is 5.94. The van der Waals surface area contributed by atoms with Gasteiger partial charge in [-0.15, -0.1) is 0 Å². The number of likely N-dealkylation sites (tertiary alicyclic amines) is 1. The number of rotatable bonds is 5. The molecule has 1 fully saturated rings. The van der Waals surface area contributed by atoms with E-state index in [2.05, 4.69) is 34.6 Å². The Labute approximate surface area is 166 Å². The fourth-order valence-electron chi connectivity index (χ4n) is 3.49. The standard InChI is InChI=1S/C22H28N4O2/c1-25(2)21(27)16-24-20-11-10-19(15-23-20)22(28)26-13-6-9-18(12-14-26)17-7-4-3-5-8-17/h3-5,7-8,10-11,15,18H,6,9,12-14,16H2,1-2H3,(H,23,24)/t18-/m0/s1. The summed E-state index contributed by atoms with van der Waals surface area (Å²) in [5.74, 6) is 1.10. The summed E-state index contributed by atoms with van der Waals surface area (Å²) in [5.41, 5.74) is 1.95. The second-order valence-corrected chi connectivity index (χ2v) is 7.40. The van der Waals surface area contributed by atoms with Gasteiger partial charge in [-0.25, -0.2) is 4.98 Å². The van der Waals surface area contributed by atoms with E-state index in [4.69, 9.17) is 0 Å². The molecule has 1 atom stereocenters. The molecule has 1 aliphatic heterocycles. The lowest BCUT2D eigenvalue weighted by atomic mass is 9.92. The number of aromatic nitrogens is 1. The molecular weight excluding hydrogens is 352 g/mol. The van der Waals surface area contributed by atoms with E-state index in [9.17, 15) is 9.59 Å². The second kappa shape index (κ2) is 9.35. The highest BCUT2D eigenvalue weighted by Gasteiger charge is 2.22. The largest absolute Gasteiger partial charge is 0.361 e. The molecule has 0 aliphatic carbocycles. The number of likely N-dealkylation sites (N-methyl/N-ethyl adjacent to an activating group) is 1. The quantitative estimate of drug-likeness (QED) is 0.866. The molecule has 0 bridgehead atoms. The third-order valence-electron chi connectivity index (χ3n) is 5.22. The molecule has 1 aromatic carbocycles. The zero-order valence-corrected chi connectivity index (χ0v) is 16.6. The first-order chi connectivity index (χ1) is 13.5. The molecule has 1 aliphatic rings. The first kappa shape index (κ1) is 19.9. The summed E-state index contributed by atoms with van der Waals surface area (Å²) in [4.78, 5) is 32.2. The highest BCUT2D eigenvalue weighted by atomic mass is 16.2. The Kier molecular flexibility index (Phi) is 6.63. The number of nitrogens with zero attached hydrogens (tertiary/aromatic N) is 3. The van der Waals surface area contributed by atoms with Gasteiger partial charge in [-0.2, -0.15) is 0 Å². The van der Waals surface area contributed by atoms with Crippen LogP contribution in [-0.2, 0) is 4.79 Å². The predicted molar refractivity (Wildman–Crippen MR) is 110 cm³/mol. The van der Waals surface area contributed by atoms with Crippen LogP contribution < -0.4 is 5.32 Å². The summed E-state index contributed by atoms with van der Waals surface area (Å²) in [6.45, 7) is 1.72. The molecule has 1 saturated heterocycles. The predicted octanol–water partition coefficient (Wildman–Crippen LogP) is 2.99. The van der Waals surface area contributed by atoms with Crippen molar-refractivity contribution < 1.29 is 9.59 Å². The van der Waals surface area contributed by atoms with Crippen molar-refractivity contribution in [1.29, 1.82) is 0 Å². The van der Waals surface area contributed by atoms with Gasteiger partial charge in [0.25, 0.3) is 5.91 Å². The smallest absolute Gasteiger partial charge is 0.255 e. The molecule has 6 nitrogen and oxygen atoms in total. The van der Waals surface area contributed by atoms with Gasteiger partial charge in [0.1, 0.15) is 5.82 Å². The Morgan fingerprint density at radius 1 is 1.11 bits per heavy atom. The first-order valence-electron chi connectivity index (χ1n) is 9.79. The molecule has 28 heavy (non-hydrogen) atoms. The van der Waals surface area contributed by atoms with Crippen LogP contribution in [0, 0.1) is 0 Å². The van der Waals surface area contributed by atoms with Gasteiger partial charge >= 0.3 is 0 Å². The molecule has 1 aromatic heterocycles. The Hall–Kier alpha value is -2.89. The summed E-state index contributed by atoms with van der Waals surface area (Å²) < 4.78 is 0. The normalized spacial score (nSPS) is 16.9. The van der Waals surface area contributed by atoms with Gasteiger partial charge in [-0.1, -0.05) is 30.3 Å². The van der Waals surface area contributed by atoms with Crippen LogP contribution in [0.1, 0.15) is 41.1 Å². The summed E-state index contributed by atoms with van der Waals surface area (Å²) in [5, 5.41) is 2.98. The van der Waals surface area contributed by atoms with Crippen molar-refractivity contribution in [2.75, 3.05) is 39.0 Å². The van der Waals surface area contributed by atoms with Gasteiger partial charge in [0, 0.05) is 33.4 Å². The van der Waals surface area contributed by atoms with Crippen molar-refractivity contribution in [2.45, 2.75) is 25.2 Å². The molecule has 6 heteroatoms. The van der Waals surface area contributed by atoms with Crippen molar-refractivity contribution in [3.05, 3.63) is 59.8 Å². The molecule has 0 saturated carbocycles. The number of nitrogens with one attached hydrogen (secondary N) is 1. The molecule has 1 N–H and O–H groups in total. The third-order valence-corrected chi connectivity index (χ3v) is 5.22. The second-order valence-electron chi connectivity index (χ2n) is 7.40. The Morgan fingerprint density at radius 3 is 2.57 bits per heavy atom. The van der Waals surface area contributed by atoms with E-state index in [0.717, 1.165) is 32.4 Å². The van der Waals surface area contributed by atoms with E-state index < -0.39 is 0 Å². The SMILES string of the molecule is CN(C)C(=O)CNc1ccc(C(=O)N2CCC[C@H](c3ccccc3)CC2)cn1. The van der Waals surface area contributed by atoms with E-state index in [1.54, 1.807) is 32.4 Å². The summed E-state index contributed by atoms with van der Waals surface area (Å²) in [6, 6.07) is 14.1. The number of benzene rings is 1. The zero-order valence-electron chi connectivity index (χ0n) is 16.6. The summed E-state index contributed by atoms with van der Waals surface area (Å²) in [7, 11) is 3.42. The summed E-state index contributed by atoms with van der Waals surface area (Å²) in [6.07, 6.45) is 4.68. The van der Waals surface area contributed by atoms with E-state index >= 15 is 0 Å². The van der Waals surface area contributed by atoms with Crippen LogP contribution in [0.3, 0.4) is 0 Å². The van der Waals surface area contributed by atoms with Crippen LogP contribution in [0.15, 0.2) is 48.7 Å². The van der Waals surface area contributed by atoms with Crippen LogP contribution in [0.25, 0.3) is 0 Å². The zero-order chi connectivity index (χ0) is 19.9. The highest BCUT2D eigenvalue weighted by Crippen LogP contribution is 2.28. The number of anilines is 1. The van der Waals surface area contributed by atoms with E-state index in [1.165, 1.54) is 10.5 Å². The van der Waals surface area contributed by atoms with Crippen molar-refractivity contribution in [2.24, 2.45) is 0 Å². The number of hydrogen-bond donors (Lipinski definition) is 1. The van der Waals surface area contributed by atoms with E-state index in [1.807, 2.05) is 11.0 Å². The average Bonchev–Trinajstić information content (AvgIpc) is 2.98. The number of carbonyl (C=O) groups excluding carboxylic acids is 2. The average molecular weight is 380 g/mol. The van der Waals surface area contributed by atoms with Crippen molar-refractivity contribution >= 4 is 17.6 Å². The lowest BCUT2D eigenvalue weighted by Gasteiger charge is -2.21. The van der Waals surface area contributed by atoms with Gasteiger partial charge < -0.3 is 15.1 Å². The first-order valence-corrected chi connectivity index (χ1v) is 9.79. The van der Waals surface area contributed by atoms with Crippen molar-refractivity contribution in [1.82, 2.24) is 14.8 Å².